The number of benzene rings is 3. The lowest BCUT2D eigenvalue weighted by Crippen LogP contribution is -2.32. The molecule has 3 aromatic rings. The van der Waals surface area contributed by atoms with Crippen molar-refractivity contribution in [3.63, 3.8) is 0 Å². The maximum Gasteiger partial charge on any atom is 0.343 e. The van der Waals surface area contributed by atoms with Crippen molar-refractivity contribution in [2.75, 3.05) is 12.4 Å². The Hall–Kier alpha value is -3.40. The minimum Gasteiger partial charge on any atom is -0.493 e. The molecule has 0 aliphatic rings. The summed E-state index contributed by atoms with van der Waals surface area (Å²) in [6.45, 7) is 0. The van der Waals surface area contributed by atoms with E-state index < -0.39 is 17.8 Å². The molecular weight excluding hydrogens is 549 g/mol. The molecule has 0 saturated heterocycles. The lowest BCUT2D eigenvalue weighted by molar-refractivity contribution is -0.136. The zero-order valence-corrected chi connectivity index (χ0v) is 20.6. The Balaban J connectivity index is 1.61. The molecule has 0 aliphatic heterocycles. The van der Waals surface area contributed by atoms with Crippen LogP contribution in [0.25, 0.3) is 0 Å². The van der Waals surface area contributed by atoms with Crippen molar-refractivity contribution in [3.05, 3.63) is 86.3 Å². The summed E-state index contributed by atoms with van der Waals surface area (Å²) < 4.78 is 11.5. The summed E-state index contributed by atoms with van der Waals surface area (Å²) in [4.78, 5) is 36.3. The number of amides is 2. The van der Waals surface area contributed by atoms with E-state index in [9.17, 15) is 14.4 Å². The standard InChI is InChI=1S/C23H16BrCl2N3O5/c1-33-20-10-13(2-9-19(20)34-23(32)14-3-8-17(25)18(26)11-14)12-27-29-22(31)21(30)28-16-6-4-15(24)5-7-16/h2-12H,1H3,(H,28,30)(H,29,31)/b27-12+. The largest absolute Gasteiger partial charge is 0.493 e. The van der Waals surface area contributed by atoms with Crippen molar-refractivity contribution < 1.29 is 23.9 Å². The molecule has 3 aromatic carbocycles. The van der Waals surface area contributed by atoms with Gasteiger partial charge in [0.05, 0.1) is 28.9 Å². The first-order chi connectivity index (χ1) is 16.3. The van der Waals surface area contributed by atoms with Crippen LogP contribution in [0.15, 0.2) is 70.2 Å². The fourth-order valence-electron chi connectivity index (χ4n) is 2.57. The lowest BCUT2D eigenvalue weighted by atomic mass is 10.2. The molecule has 0 spiro atoms. The molecule has 0 heterocycles. The average molecular weight is 565 g/mol. The molecular formula is C23H16BrCl2N3O5. The number of hydrazone groups is 1. The maximum absolute atomic E-state index is 12.4. The number of carbonyl (C=O) groups excluding carboxylic acids is 3. The smallest absolute Gasteiger partial charge is 0.343 e. The number of methoxy groups -OCH3 is 1. The van der Waals surface area contributed by atoms with E-state index >= 15 is 0 Å². The summed E-state index contributed by atoms with van der Waals surface area (Å²) >= 11 is 15.1. The second-order valence-corrected chi connectivity index (χ2v) is 8.32. The molecule has 2 N–H and O–H groups in total. The van der Waals surface area contributed by atoms with Gasteiger partial charge in [0.25, 0.3) is 0 Å². The second kappa shape index (κ2) is 11.6. The van der Waals surface area contributed by atoms with Gasteiger partial charge in [-0.25, -0.2) is 10.2 Å². The minimum atomic E-state index is -0.946. The number of nitrogens with zero attached hydrogens (tertiary/aromatic N) is 1. The van der Waals surface area contributed by atoms with Crippen LogP contribution in [-0.2, 0) is 9.59 Å². The molecule has 0 atom stereocenters. The van der Waals surface area contributed by atoms with Gasteiger partial charge in [0.2, 0.25) is 0 Å². The van der Waals surface area contributed by atoms with Gasteiger partial charge in [-0.05, 0) is 66.2 Å². The molecule has 3 rings (SSSR count). The Morgan fingerprint density at radius 1 is 0.912 bits per heavy atom. The van der Waals surface area contributed by atoms with Gasteiger partial charge in [-0.15, -0.1) is 0 Å². The Morgan fingerprint density at radius 2 is 1.65 bits per heavy atom. The molecule has 0 radical (unpaired) electrons. The number of hydrogen-bond donors (Lipinski definition) is 2. The molecule has 34 heavy (non-hydrogen) atoms. The third kappa shape index (κ3) is 6.80. The van der Waals surface area contributed by atoms with Gasteiger partial charge in [0.15, 0.2) is 11.5 Å². The molecule has 0 saturated carbocycles. The van der Waals surface area contributed by atoms with E-state index in [4.69, 9.17) is 32.7 Å². The predicted octanol–water partition coefficient (Wildman–Crippen LogP) is 5.07. The van der Waals surface area contributed by atoms with Crippen molar-refractivity contribution >= 4 is 68.8 Å². The summed E-state index contributed by atoms with van der Waals surface area (Å²) in [5.41, 5.74) is 3.33. The number of ether oxygens (including phenoxy) is 2. The number of carbonyl (C=O) groups is 3. The summed E-state index contributed by atoms with van der Waals surface area (Å²) in [5.74, 6) is -2.06. The van der Waals surface area contributed by atoms with E-state index in [1.165, 1.54) is 43.7 Å². The van der Waals surface area contributed by atoms with Gasteiger partial charge in [0.1, 0.15) is 0 Å². The van der Waals surface area contributed by atoms with Crippen LogP contribution in [-0.4, -0.2) is 31.1 Å². The first-order valence-electron chi connectivity index (χ1n) is 9.52. The van der Waals surface area contributed by atoms with Crippen molar-refractivity contribution in [1.82, 2.24) is 5.43 Å². The van der Waals surface area contributed by atoms with Crippen molar-refractivity contribution in [2.24, 2.45) is 5.10 Å². The van der Waals surface area contributed by atoms with E-state index in [1.807, 2.05) is 0 Å². The van der Waals surface area contributed by atoms with Gasteiger partial charge in [0, 0.05) is 10.2 Å². The van der Waals surface area contributed by atoms with E-state index in [-0.39, 0.29) is 22.1 Å². The maximum atomic E-state index is 12.4. The van der Waals surface area contributed by atoms with Crippen LogP contribution in [0.1, 0.15) is 15.9 Å². The highest BCUT2D eigenvalue weighted by Crippen LogP contribution is 2.29. The quantitative estimate of drug-likeness (QED) is 0.143. The number of hydrogen-bond acceptors (Lipinski definition) is 6. The van der Waals surface area contributed by atoms with E-state index in [0.717, 1.165) is 4.47 Å². The zero-order valence-electron chi connectivity index (χ0n) is 17.5. The zero-order chi connectivity index (χ0) is 24.7. The molecule has 0 aromatic heterocycles. The predicted molar refractivity (Wildman–Crippen MR) is 133 cm³/mol. The SMILES string of the molecule is COc1cc(/C=N/NC(=O)C(=O)Nc2ccc(Br)cc2)ccc1OC(=O)c1ccc(Cl)c(Cl)c1. The van der Waals surface area contributed by atoms with Crippen LogP contribution >= 0.6 is 39.1 Å². The van der Waals surface area contributed by atoms with Crippen LogP contribution in [0, 0.1) is 0 Å². The summed E-state index contributed by atoms with van der Waals surface area (Å²) in [7, 11) is 1.40. The lowest BCUT2D eigenvalue weighted by Gasteiger charge is -2.10. The van der Waals surface area contributed by atoms with Crippen molar-refractivity contribution in [1.29, 1.82) is 0 Å². The Kier molecular flexibility index (Phi) is 8.64. The minimum absolute atomic E-state index is 0.161. The highest BCUT2D eigenvalue weighted by Gasteiger charge is 2.15. The number of anilines is 1. The Morgan fingerprint density at radius 3 is 2.32 bits per heavy atom. The molecule has 2 amide bonds. The first kappa shape index (κ1) is 25.2. The van der Waals surface area contributed by atoms with Gasteiger partial charge in [-0.1, -0.05) is 39.1 Å². The summed E-state index contributed by atoms with van der Waals surface area (Å²) in [5, 5.41) is 6.76. The van der Waals surface area contributed by atoms with Crippen molar-refractivity contribution in [2.45, 2.75) is 0 Å². The summed E-state index contributed by atoms with van der Waals surface area (Å²) in [6.07, 6.45) is 1.30. The molecule has 0 unspecified atom stereocenters. The summed E-state index contributed by atoms with van der Waals surface area (Å²) in [6, 6.07) is 15.7. The molecule has 0 fully saturated rings. The van der Waals surface area contributed by atoms with Crippen LogP contribution in [0.5, 0.6) is 11.5 Å². The van der Waals surface area contributed by atoms with Gasteiger partial charge < -0.3 is 14.8 Å². The Labute approximate surface area is 213 Å². The Bertz CT molecular complexity index is 1270. The van der Waals surface area contributed by atoms with Crippen molar-refractivity contribution in [3.8, 4) is 11.5 Å². The molecule has 8 nitrogen and oxygen atoms in total. The van der Waals surface area contributed by atoms with E-state index in [0.29, 0.717) is 16.3 Å². The second-order valence-electron chi connectivity index (χ2n) is 6.59. The van der Waals surface area contributed by atoms with Crippen LogP contribution in [0.4, 0.5) is 5.69 Å². The van der Waals surface area contributed by atoms with Crippen LogP contribution in [0.3, 0.4) is 0 Å². The van der Waals surface area contributed by atoms with Crippen LogP contribution < -0.4 is 20.2 Å². The molecule has 11 heteroatoms. The van der Waals surface area contributed by atoms with Crippen LogP contribution in [0.2, 0.25) is 10.0 Å². The average Bonchev–Trinajstić information content (AvgIpc) is 2.82. The van der Waals surface area contributed by atoms with Gasteiger partial charge in [-0.2, -0.15) is 5.10 Å². The normalized spacial score (nSPS) is 10.6. The van der Waals surface area contributed by atoms with E-state index in [2.05, 4.69) is 31.8 Å². The molecule has 0 bridgehead atoms. The fourth-order valence-corrected chi connectivity index (χ4v) is 3.13. The monoisotopic (exact) mass is 563 g/mol. The number of rotatable bonds is 6. The molecule has 0 aliphatic carbocycles. The topological polar surface area (TPSA) is 106 Å². The highest BCUT2D eigenvalue weighted by molar-refractivity contribution is 9.10. The number of halogens is 3. The third-order valence-electron chi connectivity index (χ3n) is 4.23. The molecule has 174 valence electrons. The van der Waals surface area contributed by atoms with Gasteiger partial charge in [-0.3, -0.25) is 9.59 Å². The number of esters is 1. The highest BCUT2D eigenvalue weighted by atomic mass is 79.9. The first-order valence-corrected chi connectivity index (χ1v) is 11.1. The number of nitrogens with one attached hydrogen (secondary N) is 2. The third-order valence-corrected chi connectivity index (χ3v) is 5.50. The van der Waals surface area contributed by atoms with Gasteiger partial charge >= 0.3 is 17.8 Å². The van der Waals surface area contributed by atoms with E-state index in [1.54, 1.807) is 30.3 Å². The fraction of sp³-hybridized carbons (Fsp3) is 0.0435.